The summed E-state index contributed by atoms with van der Waals surface area (Å²) < 4.78 is 17.8. The molecule has 5 rings (SSSR count). The van der Waals surface area contributed by atoms with Gasteiger partial charge in [0.1, 0.15) is 36.0 Å². The number of fused-ring (bicyclic) bond motifs is 1. The zero-order chi connectivity index (χ0) is 31.6. The topological polar surface area (TPSA) is 175 Å². The second-order valence-corrected chi connectivity index (χ2v) is 11.9. The summed E-state index contributed by atoms with van der Waals surface area (Å²) in [5, 5.41) is 42.4. The number of aromatic amines is 1. The van der Waals surface area contributed by atoms with Crippen molar-refractivity contribution in [3.63, 3.8) is 0 Å². The fourth-order valence-corrected chi connectivity index (χ4v) is 6.03. The van der Waals surface area contributed by atoms with Crippen LogP contribution in [0.15, 0.2) is 41.2 Å². The fraction of sp³-hybridized carbons (Fsp3) is 0.500. The van der Waals surface area contributed by atoms with Crippen molar-refractivity contribution in [3.05, 3.63) is 56.8 Å². The van der Waals surface area contributed by atoms with E-state index in [9.17, 15) is 30.0 Å². The third-order valence-corrected chi connectivity index (χ3v) is 8.58. The third-order valence-electron chi connectivity index (χ3n) is 8.11. The average molecular weight is 653 g/mol. The van der Waals surface area contributed by atoms with E-state index in [2.05, 4.69) is 9.97 Å². The average Bonchev–Trinajstić information content (AvgIpc) is 3.49. The zero-order valence-corrected chi connectivity index (χ0v) is 25.5. The molecule has 0 unspecified atom stereocenters. The van der Waals surface area contributed by atoms with Gasteiger partial charge in [-0.2, -0.15) is 0 Å². The molecular weight excluding hydrogens is 617 g/mol. The molecule has 1 aromatic heterocycles. The summed E-state index contributed by atoms with van der Waals surface area (Å²) in [7, 11) is 0. The van der Waals surface area contributed by atoms with Gasteiger partial charge in [-0.05, 0) is 55.7 Å². The molecule has 2 aliphatic rings. The van der Waals surface area contributed by atoms with E-state index in [0.29, 0.717) is 52.3 Å². The molecule has 3 aromatic rings. The maximum Gasteiger partial charge on any atom is 0.415 e. The Morgan fingerprint density at radius 1 is 1.16 bits per heavy atom. The summed E-state index contributed by atoms with van der Waals surface area (Å²) in [6.07, 6.45) is -3.79. The summed E-state index contributed by atoms with van der Waals surface area (Å²) in [6, 6.07) is 8.87. The molecule has 0 aliphatic carbocycles. The molecule has 6 atom stereocenters. The van der Waals surface area contributed by atoms with Crippen molar-refractivity contribution in [3.8, 4) is 17.1 Å². The highest BCUT2D eigenvalue weighted by Crippen LogP contribution is 2.37. The van der Waals surface area contributed by atoms with E-state index < -0.39 is 54.5 Å². The zero-order valence-electron chi connectivity index (χ0n) is 24.0. The van der Waals surface area contributed by atoms with E-state index in [4.69, 9.17) is 37.4 Å². The van der Waals surface area contributed by atoms with E-state index in [-0.39, 0.29) is 24.6 Å². The van der Waals surface area contributed by atoms with Gasteiger partial charge in [-0.1, -0.05) is 36.5 Å². The quantitative estimate of drug-likeness (QED) is 0.231. The van der Waals surface area contributed by atoms with Crippen molar-refractivity contribution in [1.29, 1.82) is 0 Å². The lowest BCUT2D eigenvalue weighted by Gasteiger charge is -2.48. The van der Waals surface area contributed by atoms with Crippen LogP contribution >= 0.6 is 23.2 Å². The van der Waals surface area contributed by atoms with Gasteiger partial charge in [-0.3, -0.25) is 4.79 Å². The predicted octanol–water partition coefficient (Wildman–Crippen LogP) is 3.24. The summed E-state index contributed by atoms with van der Waals surface area (Å²) in [5.74, 6) is -1.42. The molecule has 44 heavy (non-hydrogen) atoms. The number of H-pyrrole nitrogens is 1. The highest BCUT2D eigenvalue weighted by Gasteiger charge is 2.54. The highest BCUT2D eigenvalue weighted by atomic mass is 35.5. The van der Waals surface area contributed by atoms with Crippen molar-refractivity contribution in [2.45, 2.75) is 75.3 Å². The van der Waals surface area contributed by atoms with Crippen LogP contribution in [0.25, 0.3) is 22.3 Å². The number of ether oxygens (including phenoxy) is 3. The fourth-order valence-electron chi connectivity index (χ4n) is 5.68. The largest absolute Gasteiger partial charge is 0.415 e. The summed E-state index contributed by atoms with van der Waals surface area (Å²) in [6.45, 7) is 1.66. The van der Waals surface area contributed by atoms with E-state index in [0.717, 1.165) is 6.42 Å². The summed E-state index contributed by atoms with van der Waals surface area (Å²) >= 11 is 12.3. The lowest BCUT2D eigenvalue weighted by atomic mass is 9.89. The number of rotatable bonds is 9. The predicted molar refractivity (Wildman–Crippen MR) is 162 cm³/mol. The maximum atomic E-state index is 13.5. The number of halogens is 2. The van der Waals surface area contributed by atoms with E-state index >= 15 is 0 Å². The monoisotopic (exact) mass is 651 g/mol. The number of nitrogens with one attached hydrogen (secondary N) is 1. The van der Waals surface area contributed by atoms with Gasteiger partial charge in [-0.25, -0.2) is 9.78 Å². The Bertz CT molecular complexity index is 1550. The number of amides is 1. The second-order valence-electron chi connectivity index (χ2n) is 11.1. The minimum absolute atomic E-state index is 0.0631. The number of aliphatic hydroxyl groups excluding tert-OH is 4. The Morgan fingerprint density at radius 3 is 2.66 bits per heavy atom. The number of aromatic nitrogens is 2. The Hall–Kier alpha value is -2.81. The molecule has 0 saturated carbocycles. The van der Waals surface area contributed by atoms with Crippen molar-refractivity contribution < 1.29 is 39.4 Å². The van der Waals surface area contributed by atoms with Crippen molar-refractivity contribution in [2.24, 2.45) is 0 Å². The SMILES string of the molecule is CCCC[C@@]1(OC[C@@H]2CCCN2C(=O)Oc2ccc(Cl)cc2-c2nc3ccc(Cl)cc3c(=O)[nH]2)O[C@H](CO)[C@H](O)[C@H](O)[C@H]1O. The number of nitrogens with zero attached hydrogens (tertiary/aromatic N) is 2. The van der Waals surface area contributed by atoms with Crippen LogP contribution in [0.5, 0.6) is 5.75 Å². The minimum Gasteiger partial charge on any atom is -0.409 e. The van der Waals surface area contributed by atoms with Crippen LogP contribution < -0.4 is 10.3 Å². The third kappa shape index (κ3) is 6.58. The molecule has 2 saturated heterocycles. The van der Waals surface area contributed by atoms with Gasteiger partial charge in [0, 0.05) is 23.0 Å². The molecule has 14 heteroatoms. The number of hydrogen-bond acceptors (Lipinski definition) is 10. The Morgan fingerprint density at radius 2 is 1.91 bits per heavy atom. The van der Waals surface area contributed by atoms with Crippen LogP contribution in [-0.2, 0) is 9.47 Å². The van der Waals surface area contributed by atoms with E-state index in [1.54, 1.807) is 18.2 Å². The van der Waals surface area contributed by atoms with Crippen molar-refractivity contribution >= 4 is 40.2 Å². The molecule has 0 spiro atoms. The van der Waals surface area contributed by atoms with Crippen molar-refractivity contribution in [2.75, 3.05) is 19.8 Å². The molecule has 2 aliphatic heterocycles. The maximum absolute atomic E-state index is 13.5. The van der Waals surface area contributed by atoms with Crippen LogP contribution in [0, 0.1) is 0 Å². The van der Waals surface area contributed by atoms with Gasteiger partial charge in [0.2, 0.25) is 0 Å². The number of likely N-dealkylation sites (tertiary alicyclic amines) is 1. The van der Waals surface area contributed by atoms with Gasteiger partial charge in [0.05, 0.1) is 35.7 Å². The molecule has 238 valence electrons. The van der Waals surface area contributed by atoms with Crippen LogP contribution in [-0.4, -0.2) is 97.4 Å². The second kappa shape index (κ2) is 13.7. The lowest BCUT2D eigenvalue weighted by Crippen LogP contribution is -2.66. The summed E-state index contributed by atoms with van der Waals surface area (Å²) in [5.41, 5.74) is 0.269. The number of aliphatic hydroxyl groups is 4. The Kier molecular flexibility index (Phi) is 10.1. The molecule has 2 aromatic carbocycles. The van der Waals surface area contributed by atoms with Gasteiger partial charge >= 0.3 is 6.09 Å². The molecular formula is C30H35Cl2N3O9. The molecule has 1 amide bonds. The smallest absolute Gasteiger partial charge is 0.409 e. The van der Waals surface area contributed by atoms with Crippen molar-refractivity contribution in [1.82, 2.24) is 14.9 Å². The Labute approximate surface area is 263 Å². The molecule has 5 N–H and O–H groups in total. The number of benzene rings is 2. The first-order valence-corrected chi connectivity index (χ1v) is 15.3. The lowest BCUT2D eigenvalue weighted by molar-refractivity contribution is -0.368. The van der Waals surface area contributed by atoms with Gasteiger partial charge in [0.15, 0.2) is 5.79 Å². The first kappa shape index (κ1) is 32.6. The van der Waals surface area contributed by atoms with Gasteiger partial charge in [0.25, 0.3) is 5.56 Å². The molecule has 2 fully saturated rings. The van der Waals surface area contributed by atoms with Crippen LogP contribution in [0.3, 0.4) is 0 Å². The number of carbonyl (C=O) groups is 1. The molecule has 0 bridgehead atoms. The van der Waals surface area contributed by atoms with Crippen LogP contribution in [0.1, 0.15) is 39.0 Å². The van der Waals surface area contributed by atoms with E-state index in [1.807, 2.05) is 6.92 Å². The minimum atomic E-state index is -1.69. The number of carbonyl (C=O) groups excluding carboxylic acids is 1. The molecule has 3 heterocycles. The van der Waals surface area contributed by atoms with Gasteiger partial charge in [-0.15, -0.1) is 0 Å². The molecule has 12 nitrogen and oxygen atoms in total. The number of unbranched alkanes of at least 4 members (excludes halogenated alkanes) is 1. The van der Waals surface area contributed by atoms with Crippen LogP contribution in [0.4, 0.5) is 4.79 Å². The van der Waals surface area contributed by atoms with Crippen LogP contribution in [0.2, 0.25) is 10.0 Å². The highest BCUT2D eigenvalue weighted by molar-refractivity contribution is 6.31. The standard InChI is InChI=1S/C30H35Cl2N3O9/c1-2-3-10-30(26(39)25(38)24(37)23(14-36)44-30)42-15-18-5-4-11-35(18)29(41)43-22-9-7-17(32)13-20(22)27-33-21-8-6-16(31)12-19(21)28(40)34-27/h6-9,12-13,18,23-26,36-39H,2-5,10-11,14-15H2,1H3,(H,33,34,40)/t18-,23+,24-,25-,26+,30+/m0/s1. The normalized spacial score (nSPS) is 27.2. The molecule has 0 radical (unpaired) electrons. The Balaban J connectivity index is 1.36. The summed E-state index contributed by atoms with van der Waals surface area (Å²) in [4.78, 5) is 35.0. The van der Waals surface area contributed by atoms with Gasteiger partial charge < -0.3 is 44.5 Å². The number of hydrogen-bond donors (Lipinski definition) is 5. The van der Waals surface area contributed by atoms with E-state index in [1.165, 1.54) is 23.1 Å². The first-order valence-electron chi connectivity index (χ1n) is 14.5. The first-order chi connectivity index (χ1) is 21.1.